The molecule has 14 heavy (non-hydrogen) atoms. The molecule has 0 saturated heterocycles. The molecule has 4 heteroatoms. The van der Waals surface area contributed by atoms with Gasteiger partial charge in [0.05, 0.1) is 6.10 Å². The number of aliphatic hydroxyl groups is 1. The van der Waals surface area contributed by atoms with Crippen LogP contribution in [0.1, 0.15) is 13.3 Å². The van der Waals surface area contributed by atoms with Crippen LogP contribution in [0, 0.1) is 0 Å². The van der Waals surface area contributed by atoms with Crippen molar-refractivity contribution >= 4 is 33.4 Å². The second-order valence-corrected chi connectivity index (χ2v) is 5.03. The second kappa shape index (κ2) is 5.63. The van der Waals surface area contributed by atoms with Gasteiger partial charge >= 0.3 is 0 Å². The zero-order valence-corrected chi connectivity index (χ0v) is 10.4. The molecule has 0 fully saturated rings. The average Bonchev–Trinajstić information content (AvgIpc) is 2.19. The summed E-state index contributed by atoms with van der Waals surface area (Å²) in [5, 5.41) is 9.41. The van der Waals surface area contributed by atoms with Crippen molar-refractivity contribution in [3.05, 3.63) is 22.7 Å². The minimum Gasteiger partial charge on any atom is -0.398 e. The molecule has 0 heterocycles. The van der Waals surface area contributed by atoms with Crippen molar-refractivity contribution in [2.24, 2.45) is 0 Å². The smallest absolute Gasteiger partial charge is 0.0631 e. The van der Waals surface area contributed by atoms with Gasteiger partial charge in [-0.05, 0) is 24.6 Å². The first-order valence-electron chi connectivity index (χ1n) is 4.49. The Bertz CT molecular complexity index is 306. The molecular formula is C10H14BrNOS. The molecule has 0 amide bonds. The largest absolute Gasteiger partial charge is 0.398 e. The third-order valence-electron chi connectivity index (χ3n) is 1.88. The van der Waals surface area contributed by atoms with Crippen molar-refractivity contribution in [2.75, 3.05) is 11.5 Å². The summed E-state index contributed by atoms with van der Waals surface area (Å²) >= 11 is 4.98. The van der Waals surface area contributed by atoms with Crippen LogP contribution >= 0.6 is 27.7 Å². The summed E-state index contributed by atoms with van der Waals surface area (Å²) in [5.41, 5.74) is 6.56. The summed E-state index contributed by atoms with van der Waals surface area (Å²) in [4.78, 5) is 1.02. The number of hydrogen-bond donors (Lipinski definition) is 2. The van der Waals surface area contributed by atoms with Crippen LogP contribution in [0.2, 0.25) is 0 Å². The molecule has 1 rings (SSSR count). The number of rotatable bonds is 4. The SMILES string of the molecule is CCC(O)CSc1cc(Br)ccc1N. The normalized spacial score (nSPS) is 12.8. The van der Waals surface area contributed by atoms with Crippen LogP contribution in [0.4, 0.5) is 5.69 Å². The number of aliphatic hydroxyl groups excluding tert-OH is 1. The van der Waals surface area contributed by atoms with E-state index in [2.05, 4.69) is 15.9 Å². The number of halogens is 1. The fourth-order valence-electron chi connectivity index (χ4n) is 0.937. The van der Waals surface area contributed by atoms with E-state index in [-0.39, 0.29) is 6.10 Å². The van der Waals surface area contributed by atoms with E-state index in [0.717, 1.165) is 21.5 Å². The van der Waals surface area contributed by atoms with Gasteiger partial charge in [-0.2, -0.15) is 0 Å². The van der Waals surface area contributed by atoms with E-state index in [1.54, 1.807) is 11.8 Å². The van der Waals surface area contributed by atoms with Crippen LogP contribution in [0.15, 0.2) is 27.6 Å². The van der Waals surface area contributed by atoms with Gasteiger partial charge in [0, 0.05) is 20.8 Å². The fourth-order valence-corrected chi connectivity index (χ4v) is 2.50. The molecule has 1 atom stereocenters. The van der Waals surface area contributed by atoms with Crippen molar-refractivity contribution in [3.63, 3.8) is 0 Å². The monoisotopic (exact) mass is 275 g/mol. The number of benzene rings is 1. The zero-order chi connectivity index (χ0) is 10.6. The van der Waals surface area contributed by atoms with Crippen molar-refractivity contribution in [2.45, 2.75) is 24.3 Å². The molecule has 0 radical (unpaired) electrons. The minimum absolute atomic E-state index is 0.251. The molecule has 0 saturated carbocycles. The number of nitrogens with two attached hydrogens (primary N) is 1. The third kappa shape index (κ3) is 3.52. The Morgan fingerprint density at radius 2 is 2.29 bits per heavy atom. The van der Waals surface area contributed by atoms with Crippen molar-refractivity contribution in [1.29, 1.82) is 0 Å². The second-order valence-electron chi connectivity index (χ2n) is 3.06. The standard InChI is InChI=1S/C10H14BrNOS/c1-2-8(13)6-14-10-5-7(11)3-4-9(10)12/h3-5,8,13H,2,6,12H2,1H3. The van der Waals surface area contributed by atoms with Crippen molar-refractivity contribution in [3.8, 4) is 0 Å². The van der Waals surface area contributed by atoms with Crippen LogP contribution in [-0.2, 0) is 0 Å². The number of anilines is 1. The van der Waals surface area contributed by atoms with E-state index in [1.165, 1.54) is 0 Å². The number of thioether (sulfide) groups is 1. The molecule has 0 aliphatic heterocycles. The van der Waals surface area contributed by atoms with Gasteiger partial charge in [-0.3, -0.25) is 0 Å². The third-order valence-corrected chi connectivity index (χ3v) is 3.59. The summed E-state index contributed by atoms with van der Waals surface area (Å²) in [6, 6.07) is 5.75. The average molecular weight is 276 g/mol. The Morgan fingerprint density at radius 1 is 1.57 bits per heavy atom. The Labute approximate surface area is 97.0 Å². The van der Waals surface area contributed by atoms with Gasteiger partial charge in [-0.15, -0.1) is 11.8 Å². The zero-order valence-electron chi connectivity index (χ0n) is 8.03. The van der Waals surface area contributed by atoms with E-state index >= 15 is 0 Å². The molecule has 0 spiro atoms. The lowest BCUT2D eigenvalue weighted by molar-refractivity contribution is 0.195. The van der Waals surface area contributed by atoms with Crippen LogP contribution < -0.4 is 5.73 Å². The lowest BCUT2D eigenvalue weighted by atomic mass is 10.3. The first-order chi connectivity index (χ1) is 6.63. The quantitative estimate of drug-likeness (QED) is 0.656. The molecule has 0 aromatic heterocycles. The number of hydrogen-bond acceptors (Lipinski definition) is 3. The van der Waals surface area contributed by atoms with Crippen LogP contribution in [0.5, 0.6) is 0 Å². The van der Waals surface area contributed by atoms with Gasteiger partial charge < -0.3 is 10.8 Å². The maximum absolute atomic E-state index is 9.41. The molecule has 0 aliphatic rings. The van der Waals surface area contributed by atoms with E-state index in [1.807, 2.05) is 25.1 Å². The van der Waals surface area contributed by atoms with Gasteiger partial charge in [-0.25, -0.2) is 0 Å². The van der Waals surface area contributed by atoms with Gasteiger partial charge in [-0.1, -0.05) is 22.9 Å². The Balaban J connectivity index is 2.62. The first-order valence-corrected chi connectivity index (χ1v) is 6.27. The van der Waals surface area contributed by atoms with E-state index < -0.39 is 0 Å². The van der Waals surface area contributed by atoms with Gasteiger partial charge in [0.25, 0.3) is 0 Å². The lowest BCUT2D eigenvalue weighted by Gasteiger charge is -2.09. The summed E-state index contributed by atoms with van der Waals surface area (Å²) in [7, 11) is 0. The summed E-state index contributed by atoms with van der Waals surface area (Å²) < 4.78 is 1.01. The fraction of sp³-hybridized carbons (Fsp3) is 0.400. The van der Waals surface area contributed by atoms with E-state index in [4.69, 9.17) is 5.73 Å². The Hall–Kier alpha value is -0.190. The highest BCUT2D eigenvalue weighted by molar-refractivity contribution is 9.10. The molecule has 2 nitrogen and oxygen atoms in total. The van der Waals surface area contributed by atoms with Crippen molar-refractivity contribution in [1.82, 2.24) is 0 Å². The molecule has 0 aliphatic carbocycles. The maximum atomic E-state index is 9.41. The Kier molecular flexibility index (Phi) is 4.78. The highest BCUT2D eigenvalue weighted by Gasteiger charge is 2.05. The Morgan fingerprint density at radius 3 is 2.93 bits per heavy atom. The minimum atomic E-state index is -0.251. The predicted octanol–water partition coefficient (Wildman–Crippen LogP) is 2.89. The predicted molar refractivity (Wildman–Crippen MR) is 65.6 cm³/mol. The molecule has 0 bridgehead atoms. The molecular weight excluding hydrogens is 262 g/mol. The highest BCUT2D eigenvalue weighted by atomic mass is 79.9. The van der Waals surface area contributed by atoms with Crippen LogP contribution in [0.3, 0.4) is 0 Å². The van der Waals surface area contributed by atoms with Crippen molar-refractivity contribution < 1.29 is 5.11 Å². The molecule has 1 aromatic rings. The van der Waals surface area contributed by atoms with Crippen LogP contribution in [-0.4, -0.2) is 17.0 Å². The lowest BCUT2D eigenvalue weighted by Crippen LogP contribution is -2.07. The van der Waals surface area contributed by atoms with Gasteiger partial charge in [0.15, 0.2) is 0 Å². The summed E-state index contributed by atoms with van der Waals surface area (Å²) in [6.07, 6.45) is 0.527. The van der Waals surface area contributed by atoms with Crippen LogP contribution in [0.25, 0.3) is 0 Å². The van der Waals surface area contributed by atoms with Gasteiger partial charge in [0.2, 0.25) is 0 Å². The summed E-state index contributed by atoms with van der Waals surface area (Å²) in [5.74, 6) is 0.692. The topological polar surface area (TPSA) is 46.2 Å². The maximum Gasteiger partial charge on any atom is 0.0631 e. The number of nitrogen functional groups attached to an aromatic ring is 1. The van der Waals surface area contributed by atoms with E-state index in [9.17, 15) is 5.11 Å². The molecule has 3 N–H and O–H groups in total. The highest BCUT2D eigenvalue weighted by Crippen LogP contribution is 2.28. The molecule has 1 unspecified atom stereocenters. The summed E-state index contributed by atoms with van der Waals surface area (Å²) in [6.45, 7) is 1.97. The van der Waals surface area contributed by atoms with E-state index in [0.29, 0.717) is 5.75 Å². The molecule has 78 valence electrons. The first kappa shape index (κ1) is 11.9. The van der Waals surface area contributed by atoms with Gasteiger partial charge in [0.1, 0.15) is 0 Å². The molecule has 1 aromatic carbocycles.